The molecule has 20 heavy (non-hydrogen) atoms. The predicted octanol–water partition coefficient (Wildman–Crippen LogP) is 1.84. The summed E-state index contributed by atoms with van der Waals surface area (Å²) < 4.78 is 0. The van der Waals surface area contributed by atoms with Gasteiger partial charge >= 0.3 is 0 Å². The highest BCUT2D eigenvalue weighted by molar-refractivity contribution is 5.06. The lowest BCUT2D eigenvalue weighted by molar-refractivity contribution is -0.0367. The van der Waals surface area contributed by atoms with Gasteiger partial charge in [-0.25, -0.2) is 4.98 Å². The summed E-state index contributed by atoms with van der Waals surface area (Å²) in [7, 11) is 0. The van der Waals surface area contributed by atoms with Crippen LogP contribution in [0.15, 0.2) is 10.9 Å². The number of aromatic amines is 1. The number of hydrogen-bond acceptors (Lipinski definition) is 3. The smallest absolute Gasteiger partial charge is 0.251 e. The minimum Gasteiger partial charge on any atom is -0.325 e. The number of rotatable bonds is 3. The molecule has 3 N–H and O–H groups in total. The molecule has 0 unspecified atom stereocenters. The number of aromatic nitrogens is 2. The number of nitrogens with two attached hydrogens (primary N) is 1. The van der Waals surface area contributed by atoms with Gasteiger partial charge in [0.25, 0.3) is 5.56 Å². The average Bonchev–Trinajstić information content (AvgIpc) is 2.41. The third-order valence-electron chi connectivity index (χ3n) is 5.90. The van der Waals surface area contributed by atoms with Crippen molar-refractivity contribution in [2.75, 3.05) is 0 Å². The second-order valence-electron chi connectivity index (χ2n) is 7.19. The minimum atomic E-state index is -0.0562. The molecule has 4 aliphatic rings. The Morgan fingerprint density at radius 3 is 2.40 bits per heavy atom. The SMILES string of the molecule is NCc1cc(=O)[nH]c(CC2C3CC4CC(C3)CC2C4)n1. The molecule has 0 atom stereocenters. The lowest BCUT2D eigenvalue weighted by Gasteiger charge is -2.54. The number of hydrogen-bond donors (Lipinski definition) is 2. The van der Waals surface area contributed by atoms with Gasteiger partial charge in [-0.2, -0.15) is 0 Å². The van der Waals surface area contributed by atoms with Crippen molar-refractivity contribution in [2.24, 2.45) is 35.3 Å². The summed E-state index contributed by atoms with van der Waals surface area (Å²) in [5, 5.41) is 0. The van der Waals surface area contributed by atoms with Crippen molar-refractivity contribution in [2.45, 2.75) is 45.1 Å². The van der Waals surface area contributed by atoms with Crippen molar-refractivity contribution in [1.82, 2.24) is 9.97 Å². The molecule has 0 aliphatic heterocycles. The fourth-order valence-corrected chi connectivity index (χ4v) is 5.36. The predicted molar refractivity (Wildman–Crippen MR) is 77.0 cm³/mol. The summed E-state index contributed by atoms with van der Waals surface area (Å²) in [5.41, 5.74) is 6.28. The minimum absolute atomic E-state index is 0.0562. The van der Waals surface area contributed by atoms with E-state index >= 15 is 0 Å². The van der Waals surface area contributed by atoms with E-state index in [0.29, 0.717) is 12.2 Å². The molecule has 0 spiro atoms. The second-order valence-corrected chi connectivity index (χ2v) is 7.19. The Bertz CT molecular complexity index is 537. The standard InChI is InChI=1S/C16H23N3O/c17-8-13-6-16(20)19-15(18-13)7-14-11-2-9-1-10(4-11)5-12(14)3-9/h6,9-12,14H,1-5,7-8,17H2,(H,18,19,20). The van der Waals surface area contributed by atoms with E-state index in [0.717, 1.165) is 41.8 Å². The van der Waals surface area contributed by atoms with Gasteiger partial charge in [0.05, 0.1) is 5.69 Å². The maximum absolute atomic E-state index is 11.7. The lowest BCUT2D eigenvalue weighted by atomic mass is 9.51. The molecule has 4 aliphatic carbocycles. The zero-order valence-corrected chi connectivity index (χ0v) is 11.8. The van der Waals surface area contributed by atoms with Crippen LogP contribution >= 0.6 is 0 Å². The molecular formula is C16H23N3O. The molecule has 108 valence electrons. The van der Waals surface area contributed by atoms with Gasteiger partial charge in [0.2, 0.25) is 0 Å². The zero-order valence-electron chi connectivity index (χ0n) is 11.8. The molecule has 1 aromatic rings. The molecule has 4 nitrogen and oxygen atoms in total. The van der Waals surface area contributed by atoms with Crippen LogP contribution in [0.5, 0.6) is 0 Å². The van der Waals surface area contributed by atoms with E-state index in [4.69, 9.17) is 5.73 Å². The molecule has 0 amide bonds. The molecule has 4 heteroatoms. The van der Waals surface area contributed by atoms with Crippen molar-refractivity contribution >= 4 is 0 Å². The van der Waals surface area contributed by atoms with Crippen LogP contribution in [0.2, 0.25) is 0 Å². The van der Waals surface area contributed by atoms with Crippen molar-refractivity contribution in [1.29, 1.82) is 0 Å². The molecule has 0 radical (unpaired) electrons. The zero-order chi connectivity index (χ0) is 13.7. The van der Waals surface area contributed by atoms with E-state index in [9.17, 15) is 4.79 Å². The van der Waals surface area contributed by atoms with Crippen molar-refractivity contribution in [3.63, 3.8) is 0 Å². The Morgan fingerprint density at radius 2 is 1.80 bits per heavy atom. The Labute approximate surface area is 119 Å². The fraction of sp³-hybridized carbons (Fsp3) is 0.750. The van der Waals surface area contributed by atoms with Gasteiger partial charge in [-0.1, -0.05) is 0 Å². The first kappa shape index (κ1) is 12.6. The van der Waals surface area contributed by atoms with E-state index in [1.54, 1.807) is 0 Å². The van der Waals surface area contributed by atoms with Crippen molar-refractivity contribution in [3.8, 4) is 0 Å². The molecule has 5 rings (SSSR count). The molecule has 4 bridgehead atoms. The summed E-state index contributed by atoms with van der Waals surface area (Å²) in [5.74, 6) is 5.33. The maximum atomic E-state index is 11.7. The van der Waals surface area contributed by atoms with Crippen LogP contribution in [-0.4, -0.2) is 9.97 Å². The van der Waals surface area contributed by atoms with Crippen LogP contribution in [0.1, 0.15) is 43.6 Å². The number of H-pyrrole nitrogens is 1. The van der Waals surface area contributed by atoms with E-state index in [1.165, 1.54) is 38.2 Å². The Kier molecular flexibility index (Phi) is 2.95. The Hall–Kier alpha value is -1.16. The largest absolute Gasteiger partial charge is 0.325 e. The van der Waals surface area contributed by atoms with Crippen LogP contribution in [0.25, 0.3) is 0 Å². The molecular weight excluding hydrogens is 250 g/mol. The van der Waals surface area contributed by atoms with Crippen LogP contribution < -0.4 is 11.3 Å². The van der Waals surface area contributed by atoms with Gasteiger partial charge in [-0.05, 0) is 61.7 Å². The third-order valence-corrected chi connectivity index (χ3v) is 5.90. The van der Waals surface area contributed by atoms with Crippen LogP contribution in [0, 0.1) is 29.6 Å². The summed E-state index contributed by atoms with van der Waals surface area (Å²) in [6.45, 7) is 0.346. The van der Waals surface area contributed by atoms with E-state index in [-0.39, 0.29) is 5.56 Å². The van der Waals surface area contributed by atoms with E-state index < -0.39 is 0 Å². The quantitative estimate of drug-likeness (QED) is 0.882. The Morgan fingerprint density at radius 1 is 1.15 bits per heavy atom. The van der Waals surface area contributed by atoms with Gasteiger partial charge in [0.1, 0.15) is 5.82 Å². The molecule has 1 heterocycles. The topological polar surface area (TPSA) is 71.8 Å². The first-order valence-electron chi connectivity index (χ1n) is 8.00. The van der Waals surface area contributed by atoms with Gasteiger partial charge < -0.3 is 10.7 Å². The average molecular weight is 273 g/mol. The summed E-state index contributed by atoms with van der Waals surface area (Å²) in [6.07, 6.45) is 8.09. The Balaban J connectivity index is 1.57. The highest BCUT2D eigenvalue weighted by Gasteiger charge is 2.48. The lowest BCUT2D eigenvalue weighted by Crippen LogP contribution is -2.46. The van der Waals surface area contributed by atoms with E-state index in [1.807, 2.05) is 0 Å². The highest BCUT2D eigenvalue weighted by atomic mass is 16.1. The monoisotopic (exact) mass is 273 g/mol. The van der Waals surface area contributed by atoms with Crippen LogP contribution in [0.4, 0.5) is 0 Å². The normalized spacial score (nSPS) is 38.4. The first-order chi connectivity index (χ1) is 9.71. The molecule has 4 saturated carbocycles. The second kappa shape index (κ2) is 4.69. The highest BCUT2D eigenvalue weighted by Crippen LogP contribution is 2.57. The van der Waals surface area contributed by atoms with Gasteiger partial charge in [-0.3, -0.25) is 4.79 Å². The van der Waals surface area contributed by atoms with Crippen molar-refractivity contribution < 1.29 is 0 Å². The molecule has 4 fully saturated rings. The fourth-order valence-electron chi connectivity index (χ4n) is 5.36. The number of nitrogens with one attached hydrogen (secondary N) is 1. The van der Waals surface area contributed by atoms with E-state index in [2.05, 4.69) is 9.97 Å². The van der Waals surface area contributed by atoms with Gasteiger partial charge in [0.15, 0.2) is 0 Å². The molecule has 0 aromatic carbocycles. The summed E-state index contributed by atoms with van der Waals surface area (Å²) in [6, 6.07) is 1.51. The third kappa shape index (κ3) is 2.10. The molecule has 0 saturated heterocycles. The van der Waals surface area contributed by atoms with Crippen LogP contribution in [-0.2, 0) is 13.0 Å². The van der Waals surface area contributed by atoms with Crippen LogP contribution in [0.3, 0.4) is 0 Å². The molecule has 1 aromatic heterocycles. The van der Waals surface area contributed by atoms with Gasteiger partial charge in [-0.15, -0.1) is 0 Å². The summed E-state index contributed by atoms with van der Waals surface area (Å²) >= 11 is 0. The van der Waals surface area contributed by atoms with Gasteiger partial charge in [0, 0.05) is 19.0 Å². The first-order valence-corrected chi connectivity index (χ1v) is 8.00. The van der Waals surface area contributed by atoms with Crippen molar-refractivity contribution in [3.05, 3.63) is 27.9 Å². The summed E-state index contributed by atoms with van der Waals surface area (Å²) in [4.78, 5) is 19.1. The number of nitrogens with zero attached hydrogens (tertiary/aromatic N) is 1. The maximum Gasteiger partial charge on any atom is 0.251 e.